The highest BCUT2D eigenvalue weighted by Crippen LogP contribution is 2.34. The summed E-state index contributed by atoms with van der Waals surface area (Å²) in [4.78, 5) is 25.2. The van der Waals surface area contributed by atoms with Crippen molar-refractivity contribution in [2.45, 2.75) is 45.1 Å². The van der Waals surface area contributed by atoms with Crippen LogP contribution in [0.3, 0.4) is 0 Å². The van der Waals surface area contributed by atoms with Gasteiger partial charge in [0.05, 0.1) is 0 Å². The van der Waals surface area contributed by atoms with Crippen molar-refractivity contribution in [1.82, 2.24) is 4.90 Å². The molecule has 0 spiro atoms. The number of aliphatic carboxylic acids is 1. The minimum atomic E-state index is -0.935. The van der Waals surface area contributed by atoms with Gasteiger partial charge in [-0.3, -0.25) is 4.79 Å². The molecule has 1 saturated carbocycles. The number of rotatable bonds is 4. The van der Waals surface area contributed by atoms with Gasteiger partial charge in [0, 0.05) is 18.2 Å². The molecular weight excluding hydrogens is 274 g/mol. The molecule has 1 aliphatic heterocycles. The van der Waals surface area contributed by atoms with Crippen LogP contribution < -0.4 is 0 Å². The van der Waals surface area contributed by atoms with Crippen LogP contribution in [0.2, 0.25) is 0 Å². The first-order valence-electron chi connectivity index (χ1n) is 7.39. The van der Waals surface area contributed by atoms with Crippen molar-refractivity contribution in [3.8, 4) is 0 Å². The number of hydrogen-bond donors (Lipinski definition) is 2. The van der Waals surface area contributed by atoms with Crippen molar-refractivity contribution in [3.63, 3.8) is 0 Å². The number of nitrogens with zero attached hydrogens (tertiary/aromatic N) is 1. The lowest BCUT2D eigenvalue weighted by Gasteiger charge is -2.27. The molecule has 5 heteroatoms. The van der Waals surface area contributed by atoms with Crippen molar-refractivity contribution in [1.29, 1.82) is 0 Å². The Morgan fingerprint density at radius 1 is 1.40 bits per heavy atom. The van der Waals surface area contributed by atoms with Gasteiger partial charge in [0.15, 0.2) is 0 Å². The van der Waals surface area contributed by atoms with Crippen molar-refractivity contribution in [2.75, 3.05) is 12.3 Å². The van der Waals surface area contributed by atoms with E-state index in [4.69, 9.17) is 0 Å². The minimum Gasteiger partial charge on any atom is -0.479 e. The summed E-state index contributed by atoms with van der Waals surface area (Å²) in [6.45, 7) is 2.28. The van der Waals surface area contributed by atoms with Crippen LogP contribution in [0.1, 0.15) is 39.0 Å². The van der Waals surface area contributed by atoms with E-state index < -0.39 is 12.0 Å². The summed E-state index contributed by atoms with van der Waals surface area (Å²) in [5.41, 5.74) is 1.15. The van der Waals surface area contributed by atoms with Gasteiger partial charge in [-0.2, -0.15) is 12.6 Å². The van der Waals surface area contributed by atoms with Crippen LogP contribution in [-0.4, -0.2) is 40.2 Å². The van der Waals surface area contributed by atoms with Crippen LogP contribution in [0.5, 0.6) is 0 Å². The van der Waals surface area contributed by atoms with E-state index >= 15 is 0 Å². The largest absolute Gasteiger partial charge is 0.479 e. The van der Waals surface area contributed by atoms with Crippen LogP contribution in [0.4, 0.5) is 0 Å². The summed E-state index contributed by atoms with van der Waals surface area (Å²) in [6.07, 6.45) is 7.75. The fourth-order valence-corrected chi connectivity index (χ4v) is 3.32. The van der Waals surface area contributed by atoms with Crippen molar-refractivity contribution in [2.24, 2.45) is 11.8 Å². The lowest BCUT2D eigenvalue weighted by atomic mass is 9.84. The molecular formula is C15H23NO3S. The van der Waals surface area contributed by atoms with E-state index in [1.165, 1.54) is 24.2 Å². The molecule has 0 aromatic carbocycles. The standard InChI is InChI=1S/C15H23NO3S/c1-10(9-20)14(17)16-8-12(7-13(16)15(18)19)11-5-3-2-4-6-11/h7,10-11,13,20H,2-6,8-9H2,1H3,(H,18,19)/t10-,13?/m1/s1. The van der Waals surface area contributed by atoms with Crippen LogP contribution in [0, 0.1) is 11.8 Å². The second-order valence-electron chi connectivity index (χ2n) is 5.91. The van der Waals surface area contributed by atoms with Crippen LogP contribution in [0.25, 0.3) is 0 Å². The zero-order chi connectivity index (χ0) is 14.7. The number of carbonyl (C=O) groups excluding carboxylic acids is 1. The smallest absolute Gasteiger partial charge is 0.330 e. The number of thiol groups is 1. The maximum atomic E-state index is 12.3. The monoisotopic (exact) mass is 297 g/mol. The van der Waals surface area contributed by atoms with Gasteiger partial charge in [0.25, 0.3) is 0 Å². The van der Waals surface area contributed by atoms with E-state index in [0.717, 1.165) is 18.4 Å². The van der Waals surface area contributed by atoms with Crippen LogP contribution in [0.15, 0.2) is 11.6 Å². The highest BCUT2D eigenvalue weighted by Gasteiger charge is 2.37. The summed E-state index contributed by atoms with van der Waals surface area (Å²) < 4.78 is 0. The molecule has 2 rings (SSSR count). The molecule has 20 heavy (non-hydrogen) atoms. The van der Waals surface area contributed by atoms with E-state index in [-0.39, 0.29) is 11.8 Å². The summed E-state index contributed by atoms with van der Waals surface area (Å²) in [6, 6.07) is -0.790. The molecule has 0 radical (unpaired) electrons. The van der Waals surface area contributed by atoms with Gasteiger partial charge in [-0.05, 0) is 30.4 Å². The quantitative estimate of drug-likeness (QED) is 0.618. The molecule has 2 aliphatic rings. The molecule has 1 N–H and O–H groups in total. The van der Waals surface area contributed by atoms with Crippen LogP contribution in [-0.2, 0) is 9.59 Å². The number of carboxylic acids is 1. The average Bonchev–Trinajstić information content (AvgIpc) is 2.92. The zero-order valence-electron chi connectivity index (χ0n) is 11.9. The van der Waals surface area contributed by atoms with Crippen LogP contribution >= 0.6 is 12.6 Å². The number of amides is 1. The molecule has 1 heterocycles. The van der Waals surface area contributed by atoms with E-state index in [1.54, 1.807) is 6.92 Å². The summed E-state index contributed by atoms with van der Waals surface area (Å²) in [5.74, 6) is -0.362. The maximum Gasteiger partial charge on any atom is 0.330 e. The van der Waals surface area contributed by atoms with E-state index in [9.17, 15) is 14.7 Å². The summed E-state index contributed by atoms with van der Waals surface area (Å²) >= 11 is 4.14. The van der Waals surface area contributed by atoms with E-state index in [0.29, 0.717) is 18.2 Å². The van der Waals surface area contributed by atoms with Gasteiger partial charge in [0.2, 0.25) is 5.91 Å². The Labute approximate surface area is 125 Å². The maximum absolute atomic E-state index is 12.3. The molecule has 1 aliphatic carbocycles. The SMILES string of the molecule is C[C@H](CS)C(=O)N1CC(C2CCCCC2)=CC1C(=O)O. The second-order valence-corrected chi connectivity index (χ2v) is 6.27. The van der Waals surface area contributed by atoms with Crippen molar-refractivity contribution >= 4 is 24.5 Å². The third kappa shape index (κ3) is 3.19. The molecule has 0 aromatic heterocycles. The topological polar surface area (TPSA) is 57.6 Å². The Morgan fingerprint density at radius 2 is 2.05 bits per heavy atom. The Kier molecular flexibility index (Phi) is 5.13. The molecule has 0 bridgehead atoms. The molecule has 4 nitrogen and oxygen atoms in total. The predicted octanol–water partition coefficient (Wildman–Crippen LogP) is 2.35. The molecule has 0 saturated heterocycles. The lowest BCUT2D eigenvalue weighted by molar-refractivity contribution is -0.148. The third-order valence-corrected chi connectivity index (χ3v) is 4.97. The molecule has 1 amide bonds. The van der Waals surface area contributed by atoms with Gasteiger partial charge < -0.3 is 10.0 Å². The van der Waals surface area contributed by atoms with Crippen molar-refractivity contribution < 1.29 is 14.7 Å². The predicted molar refractivity (Wildman–Crippen MR) is 80.8 cm³/mol. The molecule has 2 atom stereocenters. The molecule has 1 fully saturated rings. The lowest BCUT2D eigenvalue weighted by Crippen LogP contribution is -2.44. The number of carboxylic acid groups (broad SMARTS) is 1. The first kappa shape index (κ1) is 15.4. The van der Waals surface area contributed by atoms with E-state index in [1.807, 2.05) is 6.08 Å². The van der Waals surface area contributed by atoms with Crippen molar-refractivity contribution in [3.05, 3.63) is 11.6 Å². The fourth-order valence-electron chi connectivity index (χ4n) is 3.16. The zero-order valence-corrected chi connectivity index (χ0v) is 12.8. The Bertz CT molecular complexity index is 415. The Balaban J connectivity index is 2.12. The first-order chi connectivity index (χ1) is 9.54. The summed E-state index contributed by atoms with van der Waals surface area (Å²) in [7, 11) is 0. The number of hydrogen-bond acceptors (Lipinski definition) is 3. The fraction of sp³-hybridized carbons (Fsp3) is 0.733. The summed E-state index contributed by atoms with van der Waals surface area (Å²) in [5, 5.41) is 9.35. The molecule has 112 valence electrons. The van der Waals surface area contributed by atoms with Gasteiger partial charge in [-0.1, -0.05) is 26.2 Å². The van der Waals surface area contributed by atoms with Gasteiger partial charge in [0.1, 0.15) is 6.04 Å². The highest BCUT2D eigenvalue weighted by atomic mass is 32.1. The van der Waals surface area contributed by atoms with Gasteiger partial charge in [-0.25, -0.2) is 4.79 Å². The third-order valence-electron chi connectivity index (χ3n) is 4.42. The molecule has 1 unspecified atom stereocenters. The second kappa shape index (κ2) is 6.66. The minimum absolute atomic E-state index is 0.102. The van der Waals surface area contributed by atoms with Gasteiger partial charge in [-0.15, -0.1) is 0 Å². The van der Waals surface area contributed by atoms with E-state index in [2.05, 4.69) is 12.6 Å². The Morgan fingerprint density at radius 3 is 2.60 bits per heavy atom. The Hall–Kier alpha value is -0.970. The average molecular weight is 297 g/mol. The first-order valence-corrected chi connectivity index (χ1v) is 8.02. The van der Waals surface area contributed by atoms with Gasteiger partial charge >= 0.3 is 5.97 Å². The number of carbonyl (C=O) groups is 2. The normalized spacial score (nSPS) is 25.4. The highest BCUT2D eigenvalue weighted by molar-refractivity contribution is 7.80. The molecule has 0 aromatic rings.